The van der Waals surface area contributed by atoms with Gasteiger partial charge in [-0.3, -0.25) is 4.79 Å². The molecule has 0 spiro atoms. The minimum atomic E-state index is -0.328. The van der Waals surface area contributed by atoms with Crippen molar-refractivity contribution in [2.75, 3.05) is 13.1 Å². The van der Waals surface area contributed by atoms with Crippen molar-refractivity contribution in [3.63, 3.8) is 0 Å². The number of hydrogen-bond donors (Lipinski definition) is 1. The van der Waals surface area contributed by atoms with Crippen molar-refractivity contribution >= 4 is 5.91 Å². The van der Waals surface area contributed by atoms with Crippen LogP contribution in [0.15, 0.2) is 0 Å². The fraction of sp³-hybridized carbons (Fsp3) is 0.923. The maximum absolute atomic E-state index is 12.1. The Kier molecular flexibility index (Phi) is 4.40. The van der Waals surface area contributed by atoms with E-state index in [1.807, 2.05) is 6.92 Å². The number of β-amino-alcohol motifs (C(OH)–C–C–N with tert-alkyl or cyclic N) is 1. The number of carbonyl (C=O) groups excluding carboxylic acids is 1. The van der Waals surface area contributed by atoms with E-state index in [2.05, 4.69) is 0 Å². The highest BCUT2D eigenvalue weighted by Gasteiger charge is 2.34. The van der Waals surface area contributed by atoms with Crippen molar-refractivity contribution < 1.29 is 14.6 Å². The normalized spacial score (nSPS) is 24.5. The van der Waals surface area contributed by atoms with Gasteiger partial charge in [-0.1, -0.05) is 26.2 Å². The average Bonchev–Trinajstić information content (AvgIpc) is 2.32. The van der Waals surface area contributed by atoms with Gasteiger partial charge in [0.05, 0.1) is 12.2 Å². The number of aliphatic hydroxyl groups is 1. The summed E-state index contributed by atoms with van der Waals surface area (Å²) < 4.78 is 5.92. The van der Waals surface area contributed by atoms with Gasteiger partial charge in [0.2, 0.25) is 0 Å². The molecule has 1 aliphatic carbocycles. The van der Waals surface area contributed by atoms with Crippen LogP contribution in [0.4, 0.5) is 0 Å². The zero-order valence-electron chi connectivity index (χ0n) is 10.6. The summed E-state index contributed by atoms with van der Waals surface area (Å²) in [6, 6.07) is 0. The predicted octanol–water partition coefficient (Wildman–Crippen LogP) is 1.32. The highest BCUT2D eigenvalue weighted by Crippen LogP contribution is 2.23. The minimum Gasteiger partial charge on any atom is -0.389 e. The molecule has 1 saturated heterocycles. The van der Waals surface area contributed by atoms with Gasteiger partial charge < -0.3 is 14.7 Å². The second-order valence-corrected chi connectivity index (χ2v) is 5.19. The fourth-order valence-electron chi connectivity index (χ4n) is 2.60. The number of ether oxygens (including phenoxy) is 1. The maximum Gasteiger partial charge on any atom is 0.251 e. The van der Waals surface area contributed by atoms with Gasteiger partial charge in [0.15, 0.2) is 0 Å². The summed E-state index contributed by atoms with van der Waals surface area (Å²) in [4.78, 5) is 13.8. The Balaban J connectivity index is 1.80. The van der Waals surface area contributed by atoms with Crippen LogP contribution in [-0.4, -0.2) is 47.3 Å². The molecule has 0 bridgehead atoms. The van der Waals surface area contributed by atoms with Gasteiger partial charge >= 0.3 is 0 Å². The van der Waals surface area contributed by atoms with Crippen LogP contribution in [0.1, 0.15) is 45.4 Å². The molecule has 0 aromatic heterocycles. The zero-order valence-corrected chi connectivity index (χ0v) is 10.6. The number of rotatable bonds is 4. The Hall–Kier alpha value is -0.610. The first kappa shape index (κ1) is 12.8. The van der Waals surface area contributed by atoms with E-state index in [9.17, 15) is 9.90 Å². The predicted molar refractivity (Wildman–Crippen MR) is 64.6 cm³/mol. The van der Waals surface area contributed by atoms with E-state index in [0.717, 1.165) is 19.3 Å². The molecule has 1 unspecified atom stereocenters. The lowest BCUT2D eigenvalue weighted by Crippen LogP contribution is -2.57. The van der Waals surface area contributed by atoms with Crippen LogP contribution in [0.5, 0.6) is 0 Å². The lowest BCUT2D eigenvalue weighted by Gasteiger charge is -2.38. The highest BCUT2D eigenvalue weighted by molar-refractivity contribution is 5.81. The topological polar surface area (TPSA) is 49.8 Å². The van der Waals surface area contributed by atoms with Crippen molar-refractivity contribution in [3.8, 4) is 0 Å². The fourth-order valence-corrected chi connectivity index (χ4v) is 2.60. The Morgan fingerprint density at radius 3 is 2.53 bits per heavy atom. The molecule has 98 valence electrons. The molecule has 1 N–H and O–H groups in total. The van der Waals surface area contributed by atoms with Crippen molar-refractivity contribution in [2.24, 2.45) is 0 Å². The van der Waals surface area contributed by atoms with Crippen LogP contribution in [0.2, 0.25) is 0 Å². The van der Waals surface area contributed by atoms with E-state index < -0.39 is 0 Å². The van der Waals surface area contributed by atoms with Crippen molar-refractivity contribution in [1.29, 1.82) is 0 Å². The number of nitrogens with zero attached hydrogens (tertiary/aromatic N) is 1. The van der Waals surface area contributed by atoms with E-state index in [0.29, 0.717) is 13.1 Å². The van der Waals surface area contributed by atoms with Gasteiger partial charge in [-0.15, -0.1) is 0 Å². The molecule has 1 aliphatic heterocycles. The Morgan fingerprint density at radius 2 is 2.00 bits per heavy atom. The summed E-state index contributed by atoms with van der Waals surface area (Å²) in [5, 5.41) is 9.21. The molecule has 4 heteroatoms. The number of hydrogen-bond acceptors (Lipinski definition) is 3. The second kappa shape index (κ2) is 5.83. The number of carbonyl (C=O) groups is 1. The first-order valence-corrected chi connectivity index (χ1v) is 6.83. The average molecular weight is 241 g/mol. The number of aliphatic hydroxyl groups excluding tert-OH is 1. The lowest BCUT2D eigenvalue weighted by molar-refractivity contribution is -0.159. The largest absolute Gasteiger partial charge is 0.389 e. The Morgan fingerprint density at radius 1 is 1.35 bits per heavy atom. The molecule has 1 amide bonds. The standard InChI is InChI=1S/C13H23NO3/c1-2-12(13(16)14-8-10(15)9-14)17-11-6-4-3-5-7-11/h10-12,15H,2-9H2,1H3. The van der Waals surface area contributed by atoms with Crippen LogP contribution in [0.25, 0.3) is 0 Å². The van der Waals surface area contributed by atoms with Crippen molar-refractivity contribution in [3.05, 3.63) is 0 Å². The third-order valence-electron chi connectivity index (χ3n) is 3.73. The van der Waals surface area contributed by atoms with E-state index in [1.54, 1.807) is 4.90 Å². The molecule has 2 rings (SSSR count). The van der Waals surface area contributed by atoms with Gasteiger partial charge in [0.1, 0.15) is 6.10 Å². The molecule has 1 heterocycles. The first-order valence-electron chi connectivity index (χ1n) is 6.83. The summed E-state index contributed by atoms with van der Waals surface area (Å²) in [7, 11) is 0. The number of amides is 1. The summed E-state index contributed by atoms with van der Waals surface area (Å²) in [6.07, 6.45) is 6.28. The van der Waals surface area contributed by atoms with E-state index >= 15 is 0 Å². The molecule has 0 aromatic carbocycles. The van der Waals surface area contributed by atoms with Crippen LogP contribution >= 0.6 is 0 Å². The van der Waals surface area contributed by atoms with E-state index in [1.165, 1.54) is 19.3 Å². The van der Waals surface area contributed by atoms with Crippen LogP contribution in [-0.2, 0) is 9.53 Å². The molecule has 17 heavy (non-hydrogen) atoms. The number of likely N-dealkylation sites (tertiary alicyclic amines) is 1. The molecule has 0 radical (unpaired) electrons. The smallest absolute Gasteiger partial charge is 0.251 e. The monoisotopic (exact) mass is 241 g/mol. The quantitative estimate of drug-likeness (QED) is 0.807. The SMILES string of the molecule is CCC(OC1CCCCC1)C(=O)N1CC(O)C1. The molecular formula is C13H23NO3. The molecule has 2 aliphatic rings. The van der Waals surface area contributed by atoms with Crippen molar-refractivity contribution in [2.45, 2.75) is 63.8 Å². The van der Waals surface area contributed by atoms with Gasteiger partial charge in [0.25, 0.3) is 5.91 Å². The Labute approximate surface area is 103 Å². The zero-order chi connectivity index (χ0) is 12.3. The maximum atomic E-state index is 12.1. The minimum absolute atomic E-state index is 0.0587. The summed E-state index contributed by atoms with van der Waals surface area (Å²) in [6.45, 7) is 2.94. The highest BCUT2D eigenvalue weighted by atomic mass is 16.5. The molecule has 4 nitrogen and oxygen atoms in total. The van der Waals surface area contributed by atoms with Crippen LogP contribution in [0.3, 0.4) is 0 Å². The third-order valence-corrected chi connectivity index (χ3v) is 3.73. The van der Waals surface area contributed by atoms with E-state index in [4.69, 9.17) is 4.74 Å². The summed E-state index contributed by atoms with van der Waals surface area (Å²) in [5.74, 6) is 0.0587. The lowest BCUT2D eigenvalue weighted by atomic mass is 9.97. The van der Waals surface area contributed by atoms with Gasteiger partial charge in [0, 0.05) is 13.1 Å². The summed E-state index contributed by atoms with van der Waals surface area (Å²) >= 11 is 0. The van der Waals surface area contributed by atoms with Gasteiger partial charge in [-0.05, 0) is 19.3 Å². The van der Waals surface area contributed by atoms with Gasteiger partial charge in [-0.2, -0.15) is 0 Å². The Bertz CT molecular complexity index is 257. The molecule has 2 fully saturated rings. The van der Waals surface area contributed by atoms with Crippen molar-refractivity contribution in [1.82, 2.24) is 4.90 Å². The second-order valence-electron chi connectivity index (χ2n) is 5.19. The molecule has 0 aromatic rings. The van der Waals surface area contributed by atoms with Gasteiger partial charge in [-0.25, -0.2) is 0 Å². The molecular weight excluding hydrogens is 218 g/mol. The molecule has 1 atom stereocenters. The van der Waals surface area contributed by atoms with Crippen LogP contribution < -0.4 is 0 Å². The van der Waals surface area contributed by atoms with E-state index in [-0.39, 0.29) is 24.2 Å². The van der Waals surface area contributed by atoms with Crippen LogP contribution in [0, 0.1) is 0 Å². The third kappa shape index (κ3) is 3.19. The summed E-state index contributed by atoms with van der Waals surface area (Å²) in [5.41, 5.74) is 0. The first-order chi connectivity index (χ1) is 8.20. The molecule has 1 saturated carbocycles.